The topological polar surface area (TPSA) is 115 Å². The van der Waals surface area contributed by atoms with Crippen molar-refractivity contribution in [3.63, 3.8) is 0 Å². The molecule has 0 saturated heterocycles. The molecule has 2 heterocycles. The predicted octanol–water partition coefficient (Wildman–Crippen LogP) is 7.29. The number of nitrogens with one attached hydrogen (secondary N) is 2. The molecule has 2 aromatic heterocycles. The summed E-state index contributed by atoms with van der Waals surface area (Å²) in [6, 6.07) is 17.4. The van der Waals surface area contributed by atoms with Crippen LogP contribution in [0.2, 0.25) is 5.02 Å². The van der Waals surface area contributed by atoms with Gasteiger partial charge in [0.1, 0.15) is 28.4 Å². The van der Waals surface area contributed by atoms with E-state index in [4.69, 9.17) is 22.4 Å². The van der Waals surface area contributed by atoms with Gasteiger partial charge in [-0.05, 0) is 62.7 Å². The van der Waals surface area contributed by atoms with Gasteiger partial charge in [0.25, 0.3) is 10.0 Å². The second-order valence-electron chi connectivity index (χ2n) is 10.1. The van der Waals surface area contributed by atoms with Gasteiger partial charge < -0.3 is 11.1 Å². The van der Waals surface area contributed by atoms with Gasteiger partial charge in [-0.1, -0.05) is 41.9 Å². The van der Waals surface area contributed by atoms with Crippen LogP contribution in [-0.4, -0.2) is 35.9 Å². The number of nitrogens with two attached hydrogens (primary N) is 1. The number of nitrogen functional groups attached to an aromatic ring is 1. The molecule has 5 rings (SSSR count). The molecule has 0 spiro atoms. The molecule has 0 aliphatic rings. The molecule has 5 aromatic rings. The second kappa shape index (κ2) is 11.6. The van der Waals surface area contributed by atoms with Gasteiger partial charge in [0.2, 0.25) is 0 Å². The highest BCUT2D eigenvalue weighted by atomic mass is 35.5. The molecule has 0 aliphatic heterocycles. The van der Waals surface area contributed by atoms with Crippen LogP contribution in [0.3, 0.4) is 0 Å². The van der Waals surface area contributed by atoms with E-state index in [-0.39, 0.29) is 34.0 Å². The number of hydrogen-bond donors (Lipinski definition) is 3. The summed E-state index contributed by atoms with van der Waals surface area (Å²) in [7, 11) is -4.13. The Balaban J connectivity index is 1.56. The lowest BCUT2D eigenvalue weighted by molar-refractivity contribution is 0.378. The van der Waals surface area contributed by atoms with Crippen LogP contribution in [0.15, 0.2) is 77.8 Å². The lowest BCUT2D eigenvalue weighted by atomic mass is 10.0. The van der Waals surface area contributed by atoms with Gasteiger partial charge >= 0.3 is 0 Å². The molecule has 0 aliphatic carbocycles. The highest BCUT2D eigenvalue weighted by Gasteiger charge is 2.23. The first-order valence-corrected chi connectivity index (χ1v) is 15.0. The number of halogens is 3. The van der Waals surface area contributed by atoms with Crippen molar-refractivity contribution in [1.82, 2.24) is 14.8 Å². The van der Waals surface area contributed by atoms with Crippen molar-refractivity contribution in [2.45, 2.75) is 37.9 Å². The predicted molar refractivity (Wildman–Crippen MR) is 164 cm³/mol. The van der Waals surface area contributed by atoms with Crippen LogP contribution in [0.4, 0.5) is 26.0 Å². The summed E-state index contributed by atoms with van der Waals surface area (Å²) in [5, 5.41) is 8.40. The van der Waals surface area contributed by atoms with Crippen LogP contribution >= 0.6 is 11.6 Å². The zero-order valence-electron chi connectivity index (χ0n) is 23.1. The number of aromatic nitrogens is 3. The minimum Gasteiger partial charge on any atom is -0.383 e. The Morgan fingerprint density at radius 1 is 1.02 bits per heavy atom. The van der Waals surface area contributed by atoms with Crippen molar-refractivity contribution < 1.29 is 17.2 Å². The van der Waals surface area contributed by atoms with E-state index in [0.29, 0.717) is 16.6 Å². The Morgan fingerprint density at radius 2 is 1.71 bits per heavy atom. The van der Waals surface area contributed by atoms with E-state index in [9.17, 15) is 12.8 Å². The highest BCUT2D eigenvalue weighted by molar-refractivity contribution is 7.92. The third-order valence-electron chi connectivity index (χ3n) is 6.64. The van der Waals surface area contributed by atoms with E-state index in [0.717, 1.165) is 22.3 Å². The Labute approximate surface area is 247 Å². The summed E-state index contributed by atoms with van der Waals surface area (Å²) in [4.78, 5) is 4.25. The van der Waals surface area contributed by atoms with E-state index in [1.54, 1.807) is 23.0 Å². The lowest BCUT2D eigenvalue weighted by Crippen LogP contribution is -2.14. The Kier molecular flexibility index (Phi) is 8.07. The van der Waals surface area contributed by atoms with Crippen molar-refractivity contribution in [2.24, 2.45) is 0 Å². The minimum atomic E-state index is -4.13. The third kappa shape index (κ3) is 5.75. The van der Waals surface area contributed by atoms with Crippen LogP contribution in [-0.2, 0) is 10.0 Å². The van der Waals surface area contributed by atoms with Crippen LogP contribution in [0.25, 0.3) is 33.3 Å². The fourth-order valence-corrected chi connectivity index (χ4v) is 6.20. The molecule has 8 nitrogen and oxygen atoms in total. The van der Waals surface area contributed by atoms with Gasteiger partial charge in [-0.3, -0.25) is 9.40 Å². The summed E-state index contributed by atoms with van der Waals surface area (Å²) in [5.41, 5.74) is 10.0. The minimum absolute atomic E-state index is 0.0202. The summed E-state index contributed by atoms with van der Waals surface area (Å²) in [5.74, 6) is -0.585. The second-order valence-corrected chi connectivity index (χ2v) is 12.2. The van der Waals surface area contributed by atoms with Gasteiger partial charge in [0.15, 0.2) is 0 Å². The first kappa shape index (κ1) is 29.3. The molecule has 0 bridgehead atoms. The summed E-state index contributed by atoms with van der Waals surface area (Å²) < 4.78 is 58.4. The SMILES string of the molecule is CC(F)CNc1ccc(-c2cnc(N)c3c(-c4ccc(NS(=O)(=O)c5ccccc5Cl)c(F)c4)nn(C(C)C)c23)cc1. The average Bonchev–Trinajstić information content (AvgIpc) is 3.36. The molecule has 12 heteroatoms. The molecule has 4 N–H and O–H groups in total. The van der Waals surface area contributed by atoms with Crippen LogP contribution < -0.4 is 15.8 Å². The quantitative estimate of drug-likeness (QED) is 0.161. The van der Waals surface area contributed by atoms with Gasteiger partial charge in [0, 0.05) is 35.6 Å². The van der Waals surface area contributed by atoms with E-state index in [1.165, 1.54) is 37.3 Å². The molecule has 0 radical (unpaired) electrons. The summed E-state index contributed by atoms with van der Waals surface area (Å²) in [6.45, 7) is 5.62. The number of nitrogens with zero attached hydrogens (tertiary/aromatic N) is 3. The molecule has 0 amide bonds. The number of pyridine rings is 1. The average molecular weight is 611 g/mol. The zero-order valence-corrected chi connectivity index (χ0v) is 24.6. The molecule has 3 aromatic carbocycles. The van der Waals surface area contributed by atoms with Crippen molar-refractivity contribution in [1.29, 1.82) is 0 Å². The van der Waals surface area contributed by atoms with E-state index in [1.807, 2.05) is 38.1 Å². The number of anilines is 3. The molecule has 0 saturated carbocycles. The number of sulfonamides is 1. The maximum absolute atomic E-state index is 15.4. The van der Waals surface area contributed by atoms with Crippen LogP contribution in [0.1, 0.15) is 26.8 Å². The molecular weight excluding hydrogens is 582 g/mol. The Hall–Kier alpha value is -4.22. The summed E-state index contributed by atoms with van der Waals surface area (Å²) in [6.07, 6.45) is 0.687. The largest absolute Gasteiger partial charge is 0.383 e. The van der Waals surface area contributed by atoms with Crippen molar-refractivity contribution in [3.8, 4) is 22.4 Å². The summed E-state index contributed by atoms with van der Waals surface area (Å²) >= 11 is 6.05. The highest BCUT2D eigenvalue weighted by Crippen LogP contribution is 2.39. The lowest BCUT2D eigenvalue weighted by Gasteiger charge is -2.13. The molecular formula is C30H29ClF2N6O2S. The maximum atomic E-state index is 15.4. The number of rotatable bonds is 9. The molecule has 42 heavy (non-hydrogen) atoms. The first-order chi connectivity index (χ1) is 20.0. The van der Waals surface area contributed by atoms with Crippen molar-refractivity contribution in [2.75, 3.05) is 22.3 Å². The molecule has 218 valence electrons. The van der Waals surface area contributed by atoms with Gasteiger partial charge in [0.05, 0.1) is 21.6 Å². The standard InChI is InChI=1S/C30H29ClF2N6O2S/c1-17(2)39-29-22(19-8-11-21(12-9-19)35-15-18(3)32)16-36-30(34)27(29)28(37-39)20-10-13-25(24(33)14-20)38-42(40,41)26-7-5-4-6-23(26)31/h4-14,16-18,35,38H,15H2,1-3H3,(H2,34,36). The fraction of sp³-hybridized carbons (Fsp3) is 0.200. The Morgan fingerprint density at radius 3 is 2.36 bits per heavy atom. The van der Waals surface area contributed by atoms with Gasteiger partial charge in [-0.15, -0.1) is 0 Å². The van der Waals surface area contributed by atoms with E-state index >= 15 is 4.39 Å². The van der Waals surface area contributed by atoms with E-state index < -0.39 is 22.0 Å². The monoisotopic (exact) mass is 610 g/mol. The van der Waals surface area contributed by atoms with Crippen LogP contribution in [0, 0.1) is 5.82 Å². The zero-order chi connectivity index (χ0) is 30.2. The number of hydrogen-bond acceptors (Lipinski definition) is 6. The number of alkyl halides is 1. The fourth-order valence-electron chi connectivity index (χ4n) is 4.62. The molecule has 1 atom stereocenters. The number of benzene rings is 3. The van der Waals surface area contributed by atoms with Gasteiger partial charge in [-0.2, -0.15) is 5.10 Å². The van der Waals surface area contributed by atoms with E-state index in [2.05, 4.69) is 15.0 Å². The first-order valence-electron chi connectivity index (χ1n) is 13.2. The Bertz CT molecular complexity index is 1880. The van der Waals surface area contributed by atoms with Gasteiger partial charge in [-0.25, -0.2) is 22.2 Å². The maximum Gasteiger partial charge on any atom is 0.263 e. The van der Waals surface area contributed by atoms with Crippen molar-refractivity contribution in [3.05, 3.63) is 83.8 Å². The molecule has 0 fully saturated rings. The normalized spacial score (nSPS) is 12.5. The van der Waals surface area contributed by atoms with Crippen molar-refractivity contribution >= 4 is 49.7 Å². The molecule has 1 unspecified atom stereocenters. The smallest absolute Gasteiger partial charge is 0.263 e. The van der Waals surface area contributed by atoms with Crippen LogP contribution in [0.5, 0.6) is 0 Å². The third-order valence-corrected chi connectivity index (χ3v) is 8.51. The number of fused-ring (bicyclic) bond motifs is 1.